The van der Waals surface area contributed by atoms with Gasteiger partial charge in [-0.05, 0) is 64.3 Å². The number of likely N-dealkylation sites (tertiary alicyclic amines) is 2. The third kappa shape index (κ3) is 6.21. The number of rotatable bonds is 9. The van der Waals surface area contributed by atoms with E-state index >= 15 is 0 Å². The van der Waals surface area contributed by atoms with Gasteiger partial charge in [0.1, 0.15) is 0 Å². The van der Waals surface area contributed by atoms with Gasteiger partial charge in [0.25, 0.3) is 0 Å². The summed E-state index contributed by atoms with van der Waals surface area (Å²) >= 11 is 0. The predicted molar refractivity (Wildman–Crippen MR) is 126 cm³/mol. The highest BCUT2D eigenvalue weighted by molar-refractivity contribution is 5.86. The van der Waals surface area contributed by atoms with Gasteiger partial charge < -0.3 is 19.7 Å². The van der Waals surface area contributed by atoms with E-state index in [0.717, 1.165) is 29.6 Å². The molecule has 0 amide bonds. The molecule has 0 unspecified atom stereocenters. The fraction of sp³-hybridized carbons (Fsp3) is 0.667. The van der Waals surface area contributed by atoms with Crippen molar-refractivity contribution >= 4 is 16.9 Å². The molecule has 2 saturated heterocycles. The van der Waals surface area contributed by atoms with E-state index in [2.05, 4.69) is 15.2 Å². The highest BCUT2D eigenvalue weighted by Gasteiger charge is 2.33. The van der Waals surface area contributed by atoms with Crippen molar-refractivity contribution in [3.05, 3.63) is 17.8 Å². The molecule has 10 heteroatoms. The Morgan fingerprint density at radius 1 is 1.03 bits per heavy atom. The molecule has 1 N–H and O–H groups in total. The number of anilines is 1. The van der Waals surface area contributed by atoms with E-state index in [0.29, 0.717) is 50.0 Å². The van der Waals surface area contributed by atoms with E-state index in [1.807, 2.05) is 12.1 Å². The second kappa shape index (κ2) is 10.9. The fourth-order valence-corrected chi connectivity index (χ4v) is 4.95. The van der Waals surface area contributed by atoms with Crippen molar-refractivity contribution < 1.29 is 22.6 Å². The molecule has 1 aromatic carbocycles. The third-order valence-corrected chi connectivity index (χ3v) is 6.69. The quantitative estimate of drug-likeness (QED) is 0.536. The largest absolute Gasteiger partial charge is 0.493 e. The predicted octanol–water partition coefficient (Wildman–Crippen LogP) is 4.29. The molecule has 0 saturated carbocycles. The van der Waals surface area contributed by atoms with Gasteiger partial charge in [0, 0.05) is 31.0 Å². The van der Waals surface area contributed by atoms with Crippen LogP contribution in [-0.4, -0.2) is 86.0 Å². The van der Waals surface area contributed by atoms with E-state index in [1.165, 1.54) is 30.8 Å². The maximum absolute atomic E-state index is 12.8. The highest BCUT2D eigenvalue weighted by atomic mass is 19.4. The van der Waals surface area contributed by atoms with Crippen LogP contribution in [0.2, 0.25) is 0 Å². The number of halogens is 3. The number of piperidine rings is 1. The summed E-state index contributed by atoms with van der Waals surface area (Å²) < 4.78 is 50.0. The Balaban J connectivity index is 1.51. The summed E-state index contributed by atoms with van der Waals surface area (Å²) in [5, 5.41) is 3.87. The molecule has 34 heavy (non-hydrogen) atoms. The summed E-state index contributed by atoms with van der Waals surface area (Å²) in [7, 11) is 3.37. The molecule has 0 atom stereocenters. The first-order valence-corrected chi connectivity index (χ1v) is 12.1. The van der Waals surface area contributed by atoms with E-state index < -0.39 is 12.7 Å². The Morgan fingerprint density at radius 3 is 2.41 bits per heavy atom. The van der Waals surface area contributed by atoms with Crippen LogP contribution >= 0.6 is 0 Å². The molecular weight excluding hydrogens is 447 g/mol. The van der Waals surface area contributed by atoms with Gasteiger partial charge >= 0.3 is 6.18 Å². The molecule has 0 bridgehead atoms. The number of nitrogens with one attached hydrogen (secondary N) is 1. The molecule has 2 aromatic rings. The number of methoxy groups -OCH3 is 1. The van der Waals surface area contributed by atoms with Gasteiger partial charge in [0.2, 0.25) is 5.95 Å². The van der Waals surface area contributed by atoms with Gasteiger partial charge in [-0.15, -0.1) is 0 Å². The number of hydrogen-bond acceptors (Lipinski definition) is 7. The number of ether oxygens (including phenoxy) is 2. The van der Waals surface area contributed by atoms with Crippen LogP contribution in [0.25, 0.3) is 10.9 Å². The van der Waals surface area contributed by atoms with Gasteiger partial charge in [-0.3, -0.25) is 4.90 Å². The lowest BCUT2D eigenvalue weighted by Gasteiger charge is -2.32. The second-order valence-electron chi connectivity index (χ2n) is 9.12. The van der Waals surface area contributed by atoms with Crippen molar-refractivity contribution in [3.63, 3.8) is 0 Å². The molecule has 2 fully saturated rings. The summed E-state index contributed by atoms with van der Waals surface area (Å²) in [6.07, 6.45) is 0.540. The van der Waals surface area contributed by atoms with Gasteiger partial charge in [-0.2, -0.15) is 13.2 Å². The highest BCUT2D eigenvalue weighted by Crippen LogP contribution is 2.38. The number of nitrogens with zero attached hydrogens (tertiary/aromatic N) is 4. The van der Waals surface area contributed by atoms with Crippen LogP contribution in [-0.2, 0) is 0 Å². The minimum atomic E-state index is -4.17. The number of aromatic nitrogens is 2. The van der Waals surface area contributed by atoms with Crippen LogP contribution in [0.15, 0.2) is 12.1 Å². The van der Waals surface area contributed by atoms with Crippen LogP contribution in [0.1, 0.15) is 43.7 Å². The van der Waals surface area contributed by atoms with Gasteiger partial charge in [-0.25, -0.2) is 9.97 Å². The zero-order valence-corrected chi connectivity index (χ0v) is 20.0. The first-order chi connectivity index (χ1) is 16.4. The lowest BCUT2D eigenvalue weighted by atomic mass is 9.91. The summed E-state index contributed by atoms with van der Waals surface area (Å²) in [5.74, 6) is 1.80. The van der Waals surface area contributed by atoms with Crippen molar-refractivity contribution in [2.75, 3.05) is 65.3 Å². The third-order valence-electron chi connectivity index (χ3n) is 6.69. The van der Waals surface area contributed by atoms with Gasteiger partial charge in [0.05, 0.1) is 31.5 Å². The number of hydrogen-bond donors (Lipinski definition) is 1. The Morgan fingerprint density at radius 2 is 1.76 bits per heavy atom. The summed E-state index contributed by atoms with van der Waals surface area (Å²) in [5.41, 5.74) is 1.59. The smallest absolute Gasteiger partial charge is 0.401 e. The summed E-state index contributed by atoms with van der Waals surface area (Å²) in [6, 6.07) is 3.79. The number of alkyl halides is 3. The molecule has 1 aromatic heterocycles. The van der Waals surface area contributed by atoms with Crippen LogP contribution < -0.4 is 14.8 Å². The molecule has 2 aliphatic rings. The standard InChI is InChI=1S/C24H34F3N5O2/c1-28-23-29-19-15-21(34-13-5-10-31-8-3-4-9-31)20(33-2)14-18(19)22(30-23)17-6-11-32(12-7-17)16-24(25,26)27/h14-15,17H,3-13,16H2,1-2H3,(H,28,29,30). The van der Waals surface area contributed by atoms with Crippen molar-refractivity contribution in [2.24, 2.45) is 0 Å². The molecule has 0 radical (unpaired) electrons. The SMILES string of the molecule is CNc1nc(C2CCN(CC(F)(F)F)CC2)c2cc(OC)c(OCCCN3CCCC3)cc2n1. The lowest BCUT2D eigenvalue weighted by Crippen LogP contribution is -2.39. The maximum atomic E-state index is 12.8. The molecule has 7 nitrogen and oxygen atoms in total. The van der Waals surface area contributed by atoms with Crippen molar-refractivity contribution in [1.29, 1.82) is 0 Å². The monoisotopic (exact) mass is 481 g/mol. The lowest BCUT2D eigenvalue weighted by molar-refractivity contribution is -0.147. The topological polar surface area (TPSA) is 62.8 Å². The van der Waals surface area contributed by atoms with Crippen LogP contribution in [0, 0.1) is 0 Å². The average molecular weight is 482 g/mol. The van der Waals surface area contributed by atoms with Gasteiger partial charge in [-0.1, -0.05) is 0 Å². The minimum Gasteiger partial charge on any atom is -0.493 e. The Kier molecular flexibility index (Phi) is 7.98. The molecule has 0 spiro atoms. The normalized spacial score (nSPS) is 18.5. The van der Waals surface area contributed by atoms with E-state index in [4.69, 9.17) is 14.5 Å². The second-order valence-corrected chi connectivity index (χ2v) is 9.12. The van der Waals surface area contributed by atoms with E-state index in [9.17, 15) is 13.2 Å². The molecular formula is C24H34F3N5O2. The first-order valence-electron chi connectivity index (χ1n) is 12.1. The zero-order chi connectivity index (χ0) is 24.1. The molecule has 188 valence electrons. The van der Waals surface area contributed by atoms with Crippen molar-refractivity contribution in [3.8, 4) is 11.5 Å². The average Bonchev–Trinajstić information content (AvgIpc) is 3.33. The number of fused-ring (bicyclic) bond motifs is 1. The van der Waals surface area contributed by atoms with Crippen LogP contribution in [0.5, 0.6) is 11.5 Å². The Hall–Kier alpha value is -2.33. The summed E-state index contributed by atoms with van der Waals surface area (Å²) in [4.78, 5) is 13.2. The minimum absolute atomic E-state index is 0.0546. The number of benzene rings is 1. The summed E-state index contributed by atoms with van der Waals surface area (Å²) in [6.45, 7) is 3.87. The Labute approximate surface area is 198 Å². The molecule has 2 aliphatic heterocycles. The molecule has 3 heterocycles. The molecule has 4 rings (SSSR count). The first kappa shape index (κ1) is 24.8. The Bertz CT molecular complexity index is 958. The van der Waals surface area contributed by atoms with E-state index in [-0.39, 0.29) is 5.92 Å². The van der Waals surface area contributed by atoms with Crippen LogP contribution in [0.4, 0.5) is 19.1 Å². The zero-order valence-electron chi connectivity index (χ0n) is 20.0. The fourth-order valence-electron chi connectivity index (χ4n) is 4.95. The van der Waals surface area contributed by atoms with Crippen molar-refractivity contribution in [2.45, 2.75) is 44.2 Å². The van der Waals surface area contributed by atoms with Gasteiger partial charge in [0.15, 0.2) is 11.5 Å². The maximum Gasteiger partial charge on any atom is 0.401 e. The van der Waals surface area contributed by atoms with Crippen molar-refractivity contribution in [1.82, 2.24) is 19.8 Å². The van der Waals surface area contributed by atoms with E-state index in [1.54, 1.807) is 14.2 Å². The molecule has 0 aliphatic carbocycles. The van der Waals surface area contributed by atoms with Crippen LogP contribution in [0.3, 0.4) is 0 Å².